The van der Waals surface area contributed by atoms with Crippen LogP contribution >= 0.6 is 0 Å². The minimum absolute atomic E-state index is 0.0235. The zero-order valence-electron chi connectivity index (χ0n) is 18.2. The first kappa shape index (κ1) is 22.2. The molecule has 0 spiro atoms. The number of dihydropyridines is 2. The van der Waals surface area contributed by atoms with Gasteiger partial charge in [-0.3, -0.25) is 0 Å². The summed E-state index contributed by atoms with van der Waals surface area (Å²) >= 11 is 0. The van der Waals surface area contributed by atoms with Gasteiger partial charge in [-0.15, -0.1) is 0 Å². The number of ether oxygens (including phenoxy) is 3. The molecule has 8 heteroatoms. The number of nitrogen functional groups attached to an aromatic ring is 1. The highest BCUT2D eigenvalue weighted by Crippen LogP contribution is 2.46. The number of anilines is 1. The Morgan fingerprint density at radius 2 is 2.10 bits per heavy atom. The van der Waals surface area contributed by atoms with E-state index < -0.39 is 18.1 Å². The Balaban J connectivity index is 2.20. The van der Waals surface area contributed by atoms with Crippen molar-refractivity contribution in [2.45, 2.75) is 39.3 Å². The molecule has 2 atom stereocenters. The molecule has 1 aromatic rings. The van der Waals surface area contributed by atoms with E-state index in [1.54, 1.807) is 19.2 Å². The lowest BCUT2D eigenvalue weighted by atomic mass is 9.77. The Morgan fingerprint density at radius 1 is 1.32 bits per heavy atom. The number of hydrogen-bond acceptors (Lipinski definition) is 8. The van der Waals surface area contributed by atoms with Crippen molar-refractivity contribution in [2.75, 3.05) is 26.1 Å². The van der Waals surface area contributed by atoms with E-state index in [4.69, 9.17) is 25.2 Å². The van der Waals surface area contributed by atoms with E-state index in [2.05, 4.69) is 10.6 Å². The van der Waals surface area contributed by atoms with Gasteiger partial charge in [0, 0.05) is 53.0 Å². The molecule has 1 aromatic carbocycles. The van der Waals surface area contributed by atoms with Crippen LogP contribution in [-0.2, 0) is 14.3 Å². The Labute approximate surface area is 182 Å². The summed E-state index contributed by atoms with van der Waals surface area (Å²) in [7, 11) is 1.57. The first-order chi connectivity index (χ1) is 14.9. The van der Waals surface area contributed by atoms with Crippen LogP contribution in [0.4, 0.5) is 5.69 Å². The van der Waals surface area contributed by atoms with Gasteiger partial charge in [-0.2, -0.15) is 5.26 Å². The topological polar surface area (TPSA) is 119 Å². The van der Waals surface area contributed by atoms with Gasteiger partial charge in [0.15, 0.2) is 6.23 Å². The molecule has 0 amide bonds. The molecule has 31 heavy (non-hydrogen) atoms. The quantitative estimate of drug-likeness (QED) is 0.347. The molecule has 3 rings (SSSR count). The number of carbonyl (C=O) groups excluding carboxylic acids is 1. The van der Waals surface area contributed by atoms with Crippen LogP contribution < -0.4 is 21.1 Å². The summed E-state index contributed by atoms with van der Waals surface area (Å²) in [6.07, 6.45) is 1.58. The van der Waals surface area contributed by atoms with Crippen molar-refractivity contribution in [3.8, 4) is 11.8 Å². The second kappa shape index (κ2) is 9.58. The number of allylic oxidation sites excluding steroid dienone is 2. The molecule has 0 aliphatic carbocycles. The molecule has 8 nitrogen and oxygen atoms in total. The van der Waals surface area contributed by atoms with Crippen LogP contribution in [0.1, 0.15) is 38.7 Å². The summed E-state index contributed by atoms with van der Waals surface area (Å²) in [5.74, 6) is -0.413. The van der Waals surface area contributed by atoms with Gasteiger partial charge in [0.05, 0.1) is 25.2 Å². The smallest absolute Gasteiger partial charge is 0.336 e. The number of benzene rings is 1. The molecule has 2 heterocycles. The van der Waals surface area contributed by atoms with Crippen LogP contribution in [0, 0.1) is 11.3 Å². The zero-order valence-corrected chi connectivity index (χ0v) is 18.2. The van der Waals surface area contributed by atoms with Gasteiger partial charge in [0.1, 0.15) is 12.4 Å². The Hall–Kier alpha value is -3.44. The number of esters is 1. The number of nitrogens with one attached hydrogen (secondary N) is 2. The fourth-order valence-electron chi connectivity index (χ4n) is 3.95. The summed E-state index contributed by atoms with van der Waals surface area (Å²) < 4.78 is 17.0. The monoisotopic (exact) mass is 424 g/mol. The molecule has 0 aromatic heterocycles. The van der Waals surface area contributed by atoms with Crippen LogP contribution in [0.5, 0.6) is 5.75 Å². The van der Waals surface area contributed by atoms with Gasteiger partial charge >= 0.3 is 5.97 Å². The standard InChI is InChI=1S/C23H28N4O4/c1-5-30-22-20-19(16-8-7-15(25)11-17(16)29-4)18(23(28)31-10-6-9-24)14(3)27-21(20)13(2)12-26-22/h7-8,11-12,19,22,26-27H,5-6,10,25H2,1-4H3. The van der Waals surface area contributed by atoms with E-state index in [0.717, 1.165) is 22.4 Å². The number of rotatable bonds is 7. The lowest BCUT2D eigenvalue weighted by Gasteiger charge is -2.39. The number of nitriles is 1. The van der Waals surface area contributed by atoms with Crippen LogP contribution in [-0.4, -0.2) is 32.5 Å². The first-order valence-electron chi connectivity index (χ1n) is 10.2. The number of nitrogens with zero attached hydrogens (tertiary/aromatic N) is 1. The number of hydrogen-bond donors (Lipinski definition) is 3. The van der Waals surface area contributed by atoms with Crippen molar-refractivity contribution in [2.24, 2.45) is 0 Å². The molecule has 2 aliphatic rings. The predicted octanol–water partition coefficient (Wildman–Crippen LogP) is 2.82. The average Bonchev–Trinajstić information content (AvgIpc) is 2.75. The minimum atomic E-state index is -0.492. The van der Waals surface area contributed by atoms with E-state index in [9.17, 15) is 4.79 Å². The summed E-state index contributed by atoms with van der Waals surface area (Å²) in [5, 5.41) is 15.5. The van der Waals surface area contributed by atoms with E-state index in [1.807, 2.05) is 39.1 Å². The van der Waals surface area contributed by atoms with Crippen molar-refractivity contribution < 1.29 is 19.0 Å². The Kier molecular flexibility index (Phi) is 6.88. The lowest BCUT2D eigenvalue weighted by Crippen LogP contribution is -2.43. The SMILES string of the molecule is CCOC1NC=C(C)C2=C1C(c1ccc(N)cc1OC)C(C(=O)OCCC#N)=C(C)N2. The second-order valence-corrected chi connectivity index (χ2v) is 7.30. The number of nitrogens with two attached hydrogens (primary N) is 1. The Bertz CT molecular complexity index is 1000. The fraction of sp³-hybridized carbons (Fsp3) is 0.391. The van der Waals surface area contributed by atoms with Crippen LogP contribution in [0.3, 0.4) is 0 Å². The van der Waals surface area contributed by atoms with E-state index >= 15 is 0 Å². The molecule has 0 saturated heterocycles. The van der Waals surface area contributed by atoms with Crippen LogP contribution in [0.2, 0.25) is 0 Å². The van der Waals surface area contributed by atoms with Gasteiger partial charge in [-0.1, -0.05) is 6.07 Å². The zero-order chi connectivity index (χ0) is 22.5. The van der Waals surface area contributed by atoms with E-state index in [1.165, 1.54) is 0 Å². The maximum Gasteiger partial charge on any atom is 0.336 e. The number of methoxy groups -OCH3 is 1. The first-order valence-corrected chi connectivity index (χ1v) is 10.2. The number of carbonyl (C=O) groups is 1. The van der Waals surface area contributed by atoms with Crippen molar-refractivity contribution in [3.05, 3.63) is 58.1 Å². The van der Waals surface area contributed by atoms with Crippen molar-refractivity contribution in [3.63, 3.8) is 0 Å². The highest BCUT2D eigenvalue weighted by Gasteiger charge is 2.41. The molecule has 0 radical (unpaired) electrons. The summed E-state index contributed by atoms with van der Waals surface area (Å²) in [4.78, 5) is 13.2. The maximum atomic E-state index is 13.2. The van der Waals surface area contributed by atoms with Crippen molar-refractivity contribution >= 4 is 11.7 Å². The minimum Gasteiger partial charge on any atom is -0.496 e. The highest BCUT2D eigenvalue weighted by atomic mass is 16.5. The van der Waals surface area contributed by atoms with Crippen molar-refractivity contribution in [1.29, 1.82) is 5.26 Å². The molecule has 4 N–H and O–H groups in total. The molecule has 2 aliphatic heterocycles. The Morgan fingerprint density at radius 3 is 2.77 bits per heavy atom. The third-order valence-electron chi connectivity index (χ3n) is 5.30. The molecule has 0 saturated carbocycles. The van der Waals surface area contributed by atoms with E-state index in [-0.39, 0.29) is 13.0 Å². The molecule has 2 unspecified atom stereocenters. The molecular weight excluding hydrogens is 396 g/mol. The summed E-state index contributed by atoms with van der Waals surface area (Å²) in [6.45, 7) is 6.25. The van der Waals surface area contributed by atoms with E-state index in [0.29, 0.717) is 29.3 Å². The lowest BCUT2D eigenvalue weighted by molar-refractivity contribution is -0.139. The summed E-state index contributed by atoms with van der Waals surface area (Å²) in [5.41, 5.74) is 11.2. The molecular formula is C23H28N4O4. The van der Waals surface area contributed by atoms with Gasteiger partial charge < -0.3 is 30.6 Å². The normalized spacial score (nSPS) is 20.2. The predicted molar refractivity (Wildman–Crippen MR) is 117 cm³/mol. The highest BCUT2D eigenvalue weighted by molar-refractivity contribution is 5.93. The molecule has 164 valence electrons. The van der Waals surface area contributed by atoms with Gasteiger partial charge in [0.25, 0.3) is 0 Å². The average molecular weight is 425 g/mol. The molecule has 0 bridgehead atoms. The van der Waals surface area contributed by atoms with Crippen LogP contribution in [0.25, 0.3) is 0 Å². The van der Waals surface area contributed by atoms with Gasteiger partial charge in [-0.25, -0.2) is 4.79 Å². The maximum absolute atomic E-state index is 13.2. The third kappa shape index (κ3) is 4.37. The van der Waals surface area contributed by atoms with Crippen LogP contribution in [0.15, 0.2) is 52.5 Å². The van der Waals surface area contributed by atoms with Crippen molar-refractivity contribution in [1.82, 2.24) is 10.6 Å². The molecule has 0 fully saturated rings. The second-order valence-electron chi connectivity index (χ2n) is 7.30. The van der Waals surface area contributed by atoms with Gasteiger partial charge in [0.2, 0.25) is 0 Å². The van der Waals surface area contributed by atoms with Gasteiger partial charge in [-0.05, 0) is 32.4 Å². The largest absolute Gasteiger partial charge is 0.496 e. The fourth-order valence-corrected chi connectivity index (χ4v) is 3.95. The third-order valence-corrected chi connectivity index (χ3v) is 5.30. The summed E-state index contributed by atoms with van der Waals surface area (Å²) in [6, 6.07) is 7.37.